The molecule has 0 saturated heterocycles. The molecule has 0 nitrogen and oxygen atoms in total. The third-order valence-corrected chi connectivity index (χ3v) is 5.93. The Balaban J connectivity index is 2.57. The van der Waals surface area contributed by atoms with Gasteiger partial charge in [-0.2, -0.15) is 0 Å². The van der Waals surface area contributed by atoms with Gasteiger partial charge in [-0.15, -0.1) is 0 Å². The van der Waals surface area contributed by atoms with Gasteiger partial charge in [0.2, 0.25) is 0 Å². The smallest absolute Gasteiger partial charge is 0.0342 e. The van der Waals surface area contributed by atoms with Crippen LogP contribution in [0.15, 0.2) is 24.3 Å². The highest BCUT2D eigenvalue weighted by Crippen LogP contribution is 2.35. The molecular formula is C12H8I2. The molecule has 14 heavy (non-hydrogen) atoms. The van der Waals surface area contributed by atoms with Crippen molar-refractivity contribution in [2.75, 3.05) is 0 Å². The number of hydrogen-bond donors (Lipinski definition) is 0. The third-order valence-electron chi connectivity index (χ3n) is 2.88. The van der Waals surface area contributed by atoms with Crippen LogP contribution in [-0.2, 0) is 12.8 Å². The fourth-order valence-electron chi connectivity index (χ4n) is 2.25. The predicted molar refractivity (Wildman–Crippen MR) is 76.8 cm³/mol. The Morgan fingerprint density at radius 2 is 1.79 bits per heavy atom. The Hall–Kier alpha value is 0.160. The molecule has 0 unspecified atom stereocenters. The van der Waals surface area contributed by atoms with Crippen LogP contribution in [0, 0.1) is 7.14 Å². The minimum Gasteiger partial charge on any atom is -0.0613 e. The SMILES string of the molecule is Ic1cc2c3c(cccc3c1I)CC2. The second kappa shape index (κ2) is 3.33. The van der Waals surface area contributed by atoms with Gasteiger partial charge in [-0.25, -0.2) is 0 Å². The molecule has 0 saturated carbocycles. The first-order valence-corrected chi connectivity index (χ1v) is 6.81. The fraction of sp³-hybridized carbons (Fsp3) is 0.167. The van der Waals surface area contributed by atoms with Crippen LogP contribution in [0.2, 0.25) is 0 Å². The van der Waals surface area contributed by atoms with Crippen molar-refractivity contribution in [1.29, 1.82) is 0 Å². The van der Waals surface area contributed by atoms with Crippen molar-refractivity contribution >= 4 is 56.0 Å². The molecule has 0 N–H and O–H groups in total. The highest BCUT2D eigenvalue weighted by Gasteiger charge is 2.16. The molecule has 2 aromatic rings. The van der Waals surface area contributed by atoms with Crippen molar-refractivity contribution in [3.05, 3.63) is 42.5 Å². The molecule has 0 bridgehead atoms. The number of hydrogen-bond acceptors (Lipinski definition) is 0. The van der Waals surface area contributed by atoms with Crippen LogP contribution in [0.25, 0.3) is 10.8 Å². The van der Waals surface area contributed by atoms with Crippen LogP contribution in [0.5, 0.6) is 0 Å². The number of halogens is 2. The minimum atomic E-state index is 1.22. The standard InChI is InChI=1S/C12H8I2/c13-10-6-8-5-4-7-2-1-3-9(11(7)8)12(10)14/h1-3,6H,4-5H2. The first-order chi connectivity index (χ1) is 6.77. The van der Waals surface area contributed by atoms with Gasteiger partial charge in [0.1, 0.15) is 0 Å². The summed E-state index contributed by atoms with van der Waals surface area (Å²) in [6, 6.07) is 9.05. The highest BCUT2D eigenvalue weighted by molar-refractivity contribution is 14.1. The van der Waals surface area contributed by atoms with Gasteiger partial charge in [-0.1, -0.05) is 18.2 Å². The van der Waals surface area contributed by atoms with Crippen molar-refractivity contribution in [3.8, 4) is 0 Å². The maximum atomic E-state index is 2.46. The number of aryl methyl sites for hydroxylation is 2. The first kappa shape index (κ1) is 9.39. The second-order valence-corrected chi connectivity index (χ2v) is 5.91. The van der Waals surface area contributed by atoms with Crippen molar-refractivity contribution in [2.24, 2.45) is 0 Å². The van der Waals surface area contributed by atoms with Crippen LogP contribution < -0.4 is 0 Å². The molecule has 0 atom stereocenters. The van der Waals surface area contributed by atoms with Crippen molar-refractivity contribution in [2.45, 2.75) is 12.8 Å². The van der Waals surface area contributed by atoms with E-state index in [0.717, 1.165) is 0 Å². The molecule has 1 aliphatic rings. The van der Waals surface area contributed by atoms with Gasteiger partial charge in [0, 0.05) is 7.14 Å². The van der Waals surface area contributed by atoms with E-state index in [1.54, 1.807) is 5.56 Å². The van der Waals surface area contributed by atoms with Gasteiger partial charge < -0.3 is 0 Å². The molecule has 1 aliphatic carbocycles. The van der Waals surface area contributed by atoms with Crippen LogP contribution in [-0.4, -0.2) is 0 Å². The molecule has 2 heteroatoms. The van der Waals surface area contributed by atoms with Gasteiger partial charge in [-0.05, 0) is 86.0 Å². The zero-order valence-corrected chi connectivity index (χ0v) is 11.8. The summed E-state index contributed by atoms with van der Waals surface area (Å²) in [7, 11) is 0. The van der Waals surface area contributed by atoms with Crippen LogP contribution in [0.3, 0.4) is 0 Å². The van der Waals surface area contributed by atoms with E-state index in [4.69, 9.17) is 0 Å². The molecular weight excluding hydrogens is 398 g/mol. The van der Waals surface area contributed by atoms with E-state index in [-0.39, 0.29) is 0 Å². The molecule has 0 radical (unpaired) electrons. The van der Waals surface area contributed by atoms with E-state index in [9.17, 15) is 0 Å². The predicted octanol–water partition coefficient (Wildman–Crippen LogP) is 4.15. The molecule has 0 heterocycles. The summed E-state index contributed by atoms with van der Waals surface area (Å²) in [6.07, 6.45) is 2.45. The Kier molecular flexibility index (Phi) is 2.24. The maximum absolute atomic E-state index is 2.46. The van der Waals surface area contributed by atoms with Gasteiger partial charge in [-0.3, -0.25) is 0 Å². The van der Waals surface area contributed by atoms with Crippen LogP contribution >= 0.6 is 45.2 Å². The van der Waals surface area contributed by atoms with Crippen LogP contribution in [0.4, 0.5) is 0 Å². The Morgan fingerprint density at radius 3 is 2.64 bits per heavy atom. The molecule has 0 amide bonds. The van der Waals surface area contributed by atoms with Gasteiger partial charge in [0.05, 0.1) is 0 Å². The van der Waals surface area contributed by atoms with E-state index in [1.807, 2.05) is 0 Å². The maximum Gasteiger partial charge on any atom is 0.0342 e. The normalized spacial score (nSPS) is 13.9. The number of benzene rings is 2. The number of rotatable bonds is 0. The second-order valence-electron chi connectivity index (χ2n) is 3.67. The average molecular weight is 406 g/mol. The van der Waals surface area contributed by atoms with E-state index in [2.05, 4.69) is 69.4 Å². The molecule has 3 rings (SSSR count). The molecule has 70 valence electrons. The van der Waals surface area contributed by atoms with Crippen molar-refractivity contribution in [1.82, 2.24) is 0 Å². The fourth-order valence-corrected chi connectivity index (χ4v) is 3.53. The lowest BCUT2D eigenvalue weighted by Gasteiger charge is -2.06. The summed E-state index contributed by atoms with van der Waals surface area (Å²) < 4.78 is 2.80. The molecule has 0 spiro atoms. The summed E-state index contributed by atoms with van der Waals surface area (Å²) in [5.41, 5.74) is 3.08. The van der Waals surface area contributed by atoms with Gasteiger partial charge >= 0.3 is 0 Å². The summed E-state index contributed by atoms with van der Waals surface area (Å²) in [5, 5.41) is 2.97. The zero-order chi connectivity index (χ0) is 9.71. The van der Waals surface area contributed by atoms with Crippen LogP contribution in [0.1, 0.15) is 11.1 Å². The summed E-state index contributed by atoms with van der Waals surface area (Å²) >= 11 is 4.89. The highest BCUT2D eigenvalue weighted by atomic mass is 127. The topological polar surface area (TPSA) is 0 Å². The molecule has 2 aromatic carbocycles. The lowest BCUT2D eigenvalue weighted by molar-refractivity contribution is 1.02. The van der Waals surface area contributed by atoms with Gasteiger partial charge in [0.25, 0.3) is 0 Å². The average Bonchev–Trinajstić information content (AvgIpc) is 2.59. The van der Waals surface area contributed by atoms with E-state index in [1.165, 1.54) is 36.3 Å². The third kappa shape index (κ3) is 1.23. The molecule has 0 fully saturated rings. The van der Waals surface area contributed by atoms with E-state index in [0.29, 0.717) is 0 Å². The summed E-state index contributed by atoms with van der Waals surface area (Å²) in [4.78, 5) is 0. The summed E-state index contributed by atoms with van der Waals surface area (Å²) in [5.74, 6) is 0. The monoisotopic (exact) mass is 406 g/mol. The Labute approximate surface area is 110 Å². The quantitative estimate of drug-likeness (QED) is 0.577. The lowest BCUT2D eigenvalue weighted by Crippen LogP contribution is -1.86. The van der Waals surface area contributed by atoms with Gasteiger partial charge in [0.15, 0.2) is 0 Å². The summed E-state index contributed by atoms with van der Waals surface area (Å²) in [6.45, 7) is 0. The zero-order valence-electron chi connectivity index (χ0n) is 7.48. The van der Waals surface area contributed by atoms with Crippen molar-refractivity contribution < 1.29 is 0 Å². The Bertz CT molecular complexity index is 529. The van der Waals surface area contributed by atoms with E-state index < -0.39 is 0 Å². The largest absolute Gasteiger partial charge is 0.0613 e. The first-order valence-electron chi connectivity index (χ1n) is 4.66. The molecule has 0 aromatic heterocycles. The van der Waals surface area contributed by atoms with Crippen molar-refractivity contribution in [3.63, 3.8) is 0 Å². The lowest BCUT2D eigenvalue weighted by atomic mass is 10.1. The Morgan fingerprint density at radius 1 is 1.00 bits per heavy atom. The van der Waals surface area contributed by atoms with E-state index >= 15 is 0 Å². The molecule has 0 aliphatic heterocycles. The minimum absolute atomic E-state index is 1.22.